The average molecular weight is 195 g/mol. The van der Waals surface area contributed by atoms with Gasteiger partial charge in [0, 0.05) is 7.11 Å². The Labute approximate surface area is 84.2 Å². The maximum Gasteiger partial charge on any atom is 0.129 e. The van der Waals surface area contributed by atoms with Gasteiger partial charge < -0.3 is 14.9 Å². The molecule has 1 saturated carbocycles. The Morgan fingerprint density at radius 2 is 2.14 bits per heavy atom. The van der Waals surface area contributed by atoms with E-state index >= 15 is 0 Å². The van der Waals surface area contributed by atoms with Gasteiger partial charge in [0.15, 0.2) is 0 Å². The molecule has 1 aliphatic carbocycles. The molecule has 0 aliphatic heterocycles. The van der Waals surface area contributed by atoms with Crippen molar-refractivity contribution < 1.29 is 9.15 Å². The number of hydrogen-bond acceptors (Lipinski definition) is 3. The van der Waals surface area contributed by atoms with Gasteiger partial charge in [-0.05, 0) is 24.0 Å². The van der Waals surface area contributed by atoms with Gasteiger partial charge in [-0.25, -0.2) is 0 Å². The Morgan fingerprint density at radius 3 is 2.64 bits per heavy atom. The fourth-order valence-corrected chi connectivity index (χ4v) is 1.91. The van der Waals surface area contributed by atoms with Crippen LogP contribution in [0.25, 0.3) is 0 Å². The van der Waals surface area contributed by atoms with E-state index in [9.17, 15) is 0 Å². The van der Waals surface area contributed by atoms with Crippen LogP contribution >= 0.6 is 0 Å². The lowest BCUT2D eigenvalue weighted by molar-refractivity contribution is 0.161. The van der Waals surface area contributed by atoms with E-state index in [0.717, 1.165) is 17.9 Å². The first-order valence-electron chi connectivity index (χ1n) is 4.87. The summed E-state index contributed by atoms with van der Waals surface area (Å²) >= 11 is 0. The molecule has 0 aromatic carbocycles. The Morgan fingerprint density at radius 1 is 1.50 bits per heavy atom. The van der Waals surface area contributed by atoms with Gasteiger partial charge in [-0.3, -0.25) is 0 Å². The lowest BCUT2D eigenvalue weighted by Gasteiger charge is -2.11. The molecule has 0 amide bonds. The second-order valence-electron chi connectivity index (χ2n) is 4.73. The summed E-state index contributed by atoms with van der Waals surface area (Å²) in [6.07, 6.45) is 0.986. The number of nitrogens with two attached hydrogens (primary N) is 1. The molecular formula is C11H17NO2. The van der Waals surface area contributed by atoms with E-state index in [2.05, 4.69) is 13.8 Å². The minimum Gasteiger partial charge on any atom is -0.462 e. The first-order chi connectivity index (χ1) is 6.49. The molecule has 3 heteroatoms. The third-order valence-electron chi connectivity index (χ3n) is 3.19. The number of furan rings is 1. The van der Waals surface area contributed by atoms with Crippen molar-refractivity contribution in [2.45, 2.75) is 32.4 Å². The standard InChI is InChI=1S/C11H17NO2/c1-10(2)7-11(10,12)9-5-4-8(14-9)6-13-3/h4-5H,6-7,12H2,1-3H3. The molecule has 0 radical (unpaired) electrons. The van der Waals surface area contributed by atoms with E-state index in [0.29, 0.717) is 6.61 Å². The van der Waals surface area contributed by atoms with Crippen LogP contribution in [0.4, 0.5) is 0 Å². The SMILES string of the molecule is COCc1ccc(C2(N)CC2(C)C)o1. The summed E-state index contributed by atoms with van der Waals surface area (Å²) in [6, 6.07) is 3.89. The highest BCUT2D eigenvalue weighted by Crippen LogP contribution is 2.60. The van der Waals surface area contributed by atoms with Crippen molar-refractivity contribution in [3.8, 4) is 0 Å². The topological polar surface area (TPSA) is 48.4 Å². The Balaban J connectivity index is 2.19. The predicted molar refractivity (Wildman–Crippen MR) is 53.7 cm³/mol. The van der Waals surface area contributed by atoms with Crippen LogP contribution in [-0.2, 0) is 16.9 Å². The molecular weight excluding hydrogens is 178 g/mol. The molecule has 78 valence electrons. The zero-order valence-corrected chi connectivity index (χ0v) is 8.96. The molecule has 1 heterocycles. The summed E-state index contributed by atoms with van der Waals surface area (Å²) in [5.41, 5.74) is 6.12. The summed E-state index contributed by atoms with van der Waals surface area (Å²) in [7, 11) is 1.65. The smallest absolute Gasteiger partial charge is 0.129 e. The molecule has 1 aromatic rings. The zero-order valence-electron chi connectivity index (χ0n) is 8.96. The average Bonchev–Trinajstić information content (AvgIpc) is 2.51. The summed E-state index contributed by atoms with van der Waals surface area (Å²) < 4.78 is 10.6. The van der Waals surface area contributed by atoms with Crippen molar-refractivity contribution >= 4 is 0 Å². The van der Waals surface area contributed by atoms with E-state index < -0.39 is 0 Å². The zero-order chi connectivity index (χ0) is 10.4. The second-order valence-corrected chi connectivity index (χ2v) is 4.73. The third-order valence-corrected chi connectivity index (χ3v) is 3.19. The van der Waals surface area contributed by atoms with Crippen LogP contribution in [0.3, 0.4) is 0 Å². The number of ether oxygens (including phenoxy) is 1. The second kappa shape index (κ2) is 2.84. The Kier molecular flexibility index (Phi) is 1.98. The molecule has 0 spiro atoms. The Hall–Kier alpha value is -0.800. The van der Waals surface area contributed by atoms with E-state index in [1.54, 1.807) is 7.11 Å². The molecule has 1 unspecified atom stereocenters. The molecule has 2 rings (SSSR count). The van der Waals surface area contributed by atoms with Crippen molar-refractivity contribution in [3.05, 3.63) is 23.7 Å². The fourth-order valence-electron chi connectivity index (χ4n) is 1.91. The van der Waals surface area contributed by atoms with Crippen molar-refractivity contribution in [2.75, 3.05) is 7.11 Å². The predicted octanol–water partition coefficient (Wildman–Crippen LogP) is 2.01. The van der Waals surface area contributed by atoms with Gasteiger partial charge in [0.05, 0.1) is 5.54 Å². The molecule has 1 aromatic heterocycles. The molecule has 0 bridgehead atoms. The van der Waals surface area contributed by atoms with Crippen molar-refractivity contribution in [1.29, 1.82) is 0 Å². The highest BCUT2D eigenvalue weighted by Gasteiger charge is 2.61. The van der Waals surface area contributed by atoms with Crippen LogP contribution in [0.15, 0.2) is 16.5 Å². The highest BCUT2D eigenvalue weighted by atomic mass is 16.5. The summed E-state index contributed by atoms with van der Waals surface area (Å²) in [6.45, 7) is 4.83. The van der Waals surface area contributed by atoms with Crippen LogP contribution in [0, 0.1) is 5.41 Å². The summed E-state index contributed by atoms with van der Waals surface area (Å²) in [4.78, 5) is 0. The quantitative estimate of drug-likeness (QED) is 0.802. The molecule has 0 saturated heterocycles. The van der Waals surface area contributed by atoms with Gasteiger partial charge in [0.1, 0.15) is 18.1 Å². The van der Waals surface area contributed by atoms with Gasteiger partial charge in [0.25, 0.3) is 0 Å². The van der Waals surface area contributed by atoms with Crippen LogP contribution in [0.2, 0.25) is 0 Å². The van der Waals surface area contributed by atoms with Gasteiger partial charge in [-0.15, -0.1) is 0 Å². The largest absolute Gasteiger partial charge is 0.462 e. The molecule has 1 fully saturated rings. The minimum absolute atomic E-state index is 0.162. The van der Waals surface area contributed by atoms with E-state index in [1.165, 1.54) is 0 Å². The number of hydrogen-bond donors (Lipinski definition) is 1. The maximum absolute atomic E-state index is 6.22. The Bertz CT molecular complexity index is 343. The number of methoxy groups -OCH3 is 1. The third kappa shape index (κ3) is 1.28. The van der Waals surface area contributed by atoms with Gasteiger partial charge >= 0.3 is 0 Å². The summed E-state index contributed by atoms with van der Waals surface area (Å²) in [5.74, 6) is 1.73. The van der Waals surface area contributed by atoms with Crippen LogP contribution in [-0.4, -0.2) is 7.11 Å². The minimum atomic E-state index is -0.265. The van der Waals surface area contributed by atoms with E-state index in [-0.39, 0.29) is 11.0 Å². The van der Waals surface area contributed by atoms with Crippen molar-refractivity contribution in [3.63, 3.8) is 0 Å². The summed E-state index contributed by atoms with van der Waals surface area (Å²) in [5, 5.41) is 0. The van der Waals surface area contributed by atoms with Crippen molar-refractivity contribution in [2.24, 2.45) is 11.1 Å². The normalized spacial score (nSPS) is 29.1. The van der Waals surface area contributed by atoms with Gasteiger partial charge in [0.2, 0.25) is 0 Å². The maximum atomic E-state index is 6.22. The molecule has 14 heavy (non-hydrogen) atoms. The van der Waals surface area contributed by atoms with E-state index in [4.69, 9.17) is 14.9 Å². The monoisotopic (exact) mass is 195 g/mol. The lowest BCUT2D eigenvalue weighted by atomic mass is 10.0. The number of rotatable bonds is 3. The van der Waals surface area contributed by atoms with Crippen LogP contribution < -0.4 is 5.73 Å². The van der Waals surface area contributed by atoms with Crippen molar-refractivity contribution in [1.82, 2.24) is 0 Å². The van der Waals surface area contributed by atoms with Crippen LogP contribution in [0.1, 0.15) is 31.8 Å². The first kappa shape index (κ1) is 9.74. The van der Waals surface area contributed by atoms with Gasteiger partial charge in [-0.1, -0.05) is 13.8 Å². The molecule has 3 nitrogen and oxygen atoms in total. The molecule has 1 atom stereocenters. The molecule has 2 N–H and O–H groups in total. The first-order valence-corrected chi connectivity index (χ1v) is 4.87. The molecule has 1 aliphatic rings. The highest BCUT2D eigenvalue weighted by molar-refractivity contribution is 5.28. The van der Waals surface area contributed by atoms with Crippen LogP contribution in [0.5, 0.6) is 0 Å². The fraction of sp³-hybridized carbons (Fsp3) is 0.636. The van der Waals surface area contributed by atoms with Gasteiger partial charge in [-0.2, -0.15) is 0 Å². The van der Waals surface area contributed by atoms with E-state index in [1.807, 2.05) is 12.1 Å². The lowest BCUT2D eigenvalue weighted by Crippen LogP contribution is -2.24.